The molecule has 7 heteroatoms. The molecule has 116 valence electrons. The quantitative estimate of drug-likeness (QED) is 0.527. The van der Waals surface area contributed by atoms with Crippen LogP contribution in [0.2, 0.25) is 0 Å². The smallest absolute Gasteiger partial charge is 0.286 e. The highest BCUT2D eigenvalue weighted by Gasteiger charge is 2.39. The standard InChI is InChI=1S/C16H13N3O4/c20-15-14(12-7-4-8-13(9-12)19(22)23)17-18(16(15)21)10-11-5-2-1-3-6-11/h1-9,14,17H,10H2. The minimum absolute atomic E-state index is 0.119. The van der Waals surface area contributed by atoms with Gasteiger partial charge in [0.2, 0.25) is 5.78 Å². The molecule has 1 amide bonds. The van der Waals surface area contributed by atoms with Gasteiger partial charge < -0.3 is 0 Å². The van der Waals surface area contributed by atoms with Crippen LogP contribution >= 0.6 is 0 Å². The van der Waals surface area contributed by atoms with Crippen molar-refractivity contribution in [3.8, 4) is 0 Å². The Morgan fingerprint density at radius 3 is 2.52 bits per heavy atom. The number of carbonyl (C=O) groups excluding carboxylic acids is 2. The van der Waals surface area contributed by atoms with E-state index in [0.29, 0.717) is 5.56 Å². The Bertz CT molecular complexity index is 776. The fourth-order valence-corrected chi connectivity index (χ4v) is 2.46. The van der Waals surface area contributed by atoms with Crippen molar-refractivity contribution < 1.29 is 14.5 Å². The lowest BCUT2D eigenvalue weighted by Crippen LogP contribution is -2.34. The van der Waals surface area contributed by atoms with Gasteiger partial charge in [-0.3, -0.25) is 24.7 Å². The van der Waals surface area contributed by atoms with Crippen molar-refractivity contribution >= 4 is 17.4 Å². The number of ketones is 1. The summed E-state index contributed by atoms with van der Waals surface area (Å²) >= 11 is 0. The summed E-state index contributed by atoms with van der Waals surface area (Å²) in [6.45, 7) is 0.247. The molecule has 0 spiro atoms. The minimum Gasteiger partial charge on any atom is -0.286 e. The van der Waals surface area contributed by atoms with Gasteiger partial charge in [-0.2, -0.15) is 0 Å². The number of hydrogen-bond donors (Lipinski definition) is 1. The minimum atomic E-state index is -0.897. The van der Waals surface area contributed by atoms with Gasteiger partial charge in [-0.05, 0) is 11.1 Å². The second-order valence-corrected chi connectivity index (χ2v) is 5.16. The van der Waals surface area contributed by atoms with Gasteiger partial charge in [-0.25, -0.2) is 5.43 Å². The second kappa shape index (κ2) is 5.98. The van der Waals surface area contributed by atoms with Gasteiger partial charge in [-0.15, -0.1) is 0 Å². The molecule has 0 aromatic heterocycles. The van der Waals surface area contributed by atoms with Gasteiger partial charge in [0.05, 0.1) is 11.5 Å². The van der Waals surface area contributed by atoms with E-state index in [1.54, 1.807) is 6.07 Å². The summed E-state index contributed by atoms with van der Waals surface area (Å²) in [6.07, 6.45) is 0. The maximum Gasteiger partial charge on any atom is 0.306 e. The van der Waals surface area contributed by atoms with Crippen LogP contribution in [-0.4, -0.2) is 21.6 Å². The molecule has 7 nitrogen and oxygen atoms in total. The zero-order valence-electron chi connectivity index (χ0n) is 12.0. The van der Waals surface area contributed by atoms with Crippen molar-refractivity contribution in [1.29, 1.82) is 0 Å². The van der Waals surface area contributed by atoms with E-state index >= 15 is 0 Å². The van der Waals surface area contributed by atoms with Gasteiger partial charge in [0, 0.05) is 12.1 Å². The number of benzene rings is 2. The van der Waals surface area contributed by atoms with Gasteiger partial charge in [0.25, 0.3) is 5.69 Å². The Hall–Kier alpha value is -3.06. The number of hydrogen-bond acceptors (Lipinski definition) is 5. The maximum absolute atomic E-state index is 12.2. The van der Waals surface area contributed by atoms with E-state index in [4.69, 9.17) is 0 Å². The number of Topliss-reactive ketones (excluding diaryl/α,β-unsaturated/α-hetero) is 1. The first-order valence-electron chi connectivity index (χ1n) is 6.96. The van der Waals surface area contributed by atoms with Crippen molar-refractivity contribution in [3.63, 3.8) is 0 Å². The number of carbonyl (C=O) groups is 2. The monoisotopic (exact) mass is 311 g/mol. The molecule has 2 aromatic rings. The lowest BCUT2D eigenvalue weighted by Gasteiger charge is -2.17. The van der Waals surface area contributed by atoms with Gasteiger partial charge in [0.1, 0.15) is 6.04 Å². The highest BCUT2D eigenvalue weighted by molar-refractivity contribution is 6.39. The van der Waals surface area contributed by atoms with Crippen molar-refractivity contribution in [2.45, 2.75) is 12.6 Å². The molecule has 0 saturated carbocycles. The highest BCUT2D eigenvalue weighted by atomic mass is 16.6. The Morgan fingerprint density at radius 2 is 1.83 bits per heavy atom. The summed E-state index contributed by atoms with van der Waals surface area (Å²) in [5.41, 5.74) is 3.99. The fraction of sp³-hybridized carbons (Fsp3) is 0.125. The Balaban J connectivity index is 1.82. The molecular formula is C16H13N3O4. The van der Waals surface area contributed by atoms with E-state index < -0.39 is 22.7 Å². The van der Waals surface area contributed by atoms with E-state index in [-0.39, 0.29) is 12.2 Å². The molecule has 1 aliphatic rings. The van der Waals surface area contributed by atoms with E-state index in [9.17, 15) is 19.7 Å². The maximum atomic E-state index is 12.2. The third-order valence-electron chi connectivity index (χ3n) is 3.60. The zero-order chi connectivity index (χ0) is 16.4. The van der Waals surface area contributed by atoms with Crippen LogP contribution in [0.4, 0.5) is 5.69 Å². The molecule has 1 heterocycles. The number of rotatable bonds is 4. The predicted molar refractivity (Wildman–Crippen MR) is 81.0 cm³/mol. The summed E-state index contributed by atoms with van der Waals surface area (Å²) in [6, 6.07) is 14.1. The Labute approximate surface area is 131 Å². The van der Waals surface area contributed by atoms with Gasteiger partial charge in [-0.1, -0.05) is 42.5 Å². The SMILES string of the molecule is O=C1C(=O)N(Cc2ccccc2)NC1c1cccc([N+](=O)[O-])c1. The van der Waals surface area contributed by atoms with Crippen molar-refractivity contribution in [2.75, 3.05) is 0 Å². The van der Waals surface area contributed by atoms with Gasteiger partial charge >= 0.3 is 5.91 Å². The van der Waals surface area contributed by atoms with E-state index in [1.807, 2.05) is 30.3 Å². The summed E-state index contributed by atoms with van der Waals surface area (Å²) in [5.74, 6) is -1.27. The summed E-state index contributed by atoms with van der Waals surface area (Å²) < 4.78 is 0. The third kappa shape index (κ3) is 2.95. The number of non-ortho nitro benzene ring substituents is 1. The molecule has 1 saturated heterocycles. The van der Waals surface area contributed by atoms with Crippen LogP contribution < -0.4 is 5.43 Å². The molecule has 0 radical (unpaired) electrons. The zero-order valence-corrected chi connectivity index (χ0v) is 12.0. The number of nitrogens with zero attached hydrogens (tertiary/aromatic N) is 2. The molecular weight excluding hydrogens is 298 g/mol. The molecule has 2 aromatic carbocycles. The summed E-state index contributed by atoms with van der Waals surface area (Å²) in [5, 5.41) is 12.1. The lowest BCUT2D eigenvalue weighted by atomic mass is 10.0. The summed E-state index contributed by atoms with van der Waals surface area (Å²) in [7, 11) is 0. The van der Waals surface area contributed by atoms with Crippen LogP contribution in [0.1, 0.15) is 17.2 Å². The molecule has 0 bridgehead atoms. The molecule has 1 N–H and O–H groups in total. The highest BCUT2D eigenvalue weighted by Crippen LogP contribution is 2.25. The second-order valence-electron chi connectivity index (χ2n) is 5.16. The average Bonchev–Trinajstić information content (AvgIpc) is 2.84. The van der Waals surface area contributed by atoms with Crippen molar-refractivity contribution in [3.05, 3.63) is 75.8 Å². The molecule has 0 aliphatic carbocycles. The van der Waals surface area contributed by atoms with Crippen molar-refractivity contribution in [1.82, 2.24) is 10.4 Å². The molecule has 1 fully saturated rings. The van der Waals surface area contributed by atoms with E-state index in [0.717, 1.165) is 5.56 Å². The topological polar surface area (TPSA) is 92.6 Å². The van der Waals surface area contributed by atoms with E-state index in [2.05, 4.69) is 5.43 Å². The van der Waals surface area contributed by atoms with Crippen LogP contribution in [0, 0.1) is 10.1 Å². The van der Waals surface area contributed by atoms with Crippen LogP contribution in [0.25, 0.3) is 0 Å². The van der Waals surface area contributed by atoms with Crippen LogP contribution in [0.5, 0.6) is 0 Å². The molecule has 1 unspecified atom stereocenters. The van der Waals surface area contributed by atoms with Gasteiger partial charge in [0.15, 0.2) is 0 Å². The first kappa shape index (κ1) is 14.9. The van der Waals surface area contributed by atoms with Crippen molar-refractivity contribution in [2.24, 2.45) is 0 Å². The largest absolute Gasteiger partial charge is 0.306 e. The van der Waals surface area contributed by atoms with Crippen LogP contribution in [0.15, 0.2) is 54.6 Å². The normalized spacial score (nSPS) is 17.6. The average molecular weight is 311 g/mol. The van der Waals surface area contributed by atoms with E-state index in [1.165, 1.54) is 23.2 Å². The summed E-state index contributed by atoms with van der Waals surface area (Å²) in [4.78, 5) is 34.6. The lowest BCUT2D eigenvalue weighted by molar-refractivity contribution is -0.384. The van der Waals surface area contributed by atoms with Crippen LogP contribution in [0.3, 0.4) is 0 Å². The molecule has 23 heavy (non-hydrogen) atoms. The molecule has 1 aliphatic heterocycles. The number of hydrazine groups is 1. The fourth-order valence-electron chi connectivity index (χ4n) is 2.46. The first-order chi connectivity index (χ1) is 11.1. The number of nitro benzene ring substituents is 1. The third-order valence-corrected chi connectivity index (χ3v) is 3.60. The molecule has 1 atom stereocenters. The first-order valence-corrected chi connectivity index (χ1v) is 6.96. The van der Waals surface area contributed by atoms with Crippen LogP contribution in [-0.2, 0) is 16.1 Å². The number of nitro groups is 1. The number of amides is 1. The molecule has 3 rings (SSSR count). The number of nitrogens with one attached hydrogen (secondary N) is 1. The predicted octanol–water partition coefficient (Wildman–Crippen LogP) is 1.75. The Morgan fingerprint density at radius 1 is 1.09 bits per heavy atom. The Kier molecular flexibility index (Phi) is 3.86.